The summed E-state index contributed by atoms with van der Waals surface area (Å²) in [7, 11) is 0. The Morgan fingerprint density at radius 2 is 1.86 bits per heavy atom. The van der Waals surface area contributed by atoms with Gasteiger partial charge in [0.25, 0.3) is 5.70 Å². The number of carbonyl (C=O) groups excluding carboxylic acids is 1. The molecule has 0 radical (unpaired) electrons. The summed E-state index contributed by atoms with van der Waals surface area (Å²) in [5.41, 5.74) is 2.94. The maximum absolute atomic E-state index is 11.9. The minimum Gasteiger partial charge on any atom is -0.471 e. The van der Waals surface area contributed by atoms with E-state index in [2.05, 4.69) is 23.6 Å². The Morgan fingerprint density at radius 1 is 1.27 bits per heavy atom. The standard InChI is InChI=1S/C18H24N2O2/c1-5-22-18(21)17(19-4)15-11-13(2)20(14(3)12-15)16-9-7-6-8-10-16/h11-12,16H,5-10H2,1-3H3. The topological polar surface area (TPSA) is 33.9 Å². The van der Waals surface area contributed by atoms with Crippen LogP contribution >= 0.6 is 0 Å². The molecule has 1 fully saturated rings. The molecule has 0 amide bonds. The van der Waals surface area contributed by atoms with Gasteiger partial charge < -0.3 is 9.64 Å². The number of hydrogen-bond acceptors (Lipinski definition) is 3. The summed E-state index contributed by atoms with van der Waals surface area (Å²) in [5.74, 6) is -0.535. The molecule has 2 rings (SSSR count). The lowest BCUT2D eigenvalue weighted by atomic mass is 9.92. The van der Waals surface area contributed by atoms with Crippen LogP contribution in [0.4, 0.5) is 0 Å². The maximum atomic E-state index is 11.9. The first-order valence-electron chi connectivity index (χ1n) is 8.03. The minimum absolute atomic E-state index is 0.0730. The van der Waals surface area contributed by atoms with Gasteiger partial charge >= 0.3 is 5.97 Å². The highest BCUT2D eigenvalue weighted by molar-refractivity contribution is 5.92. The molecule has 1 aliphatic heterocycles. The van der Waals surface area contributed by atoms with Gasteiger partial charge in [0.15, 0.2) is 0 Å². The first kappa shape index (κ1) is 16.4. The van der Waals surface area contributed by atoms with Gasteiger partial charge in [-0.2, -0.15) is 0 Å². The van der Waals surface area contributed by atoms with Crippen molar-refractivity contribution in [1.29, 1.82) is 0 Å². The summed E-state index contributed by atoms with van der Waals surface area (Å²) >= 11 is 0. The largest absolute Gasteiger partial charge is 0.471 e. The minimum atomic E-state index is -0.535. The molecule has 0 aromatic carbocycles. The van der Waals surface area contributed by atoms with Crippen LogP contribution in [0.15, 0.2) is 34.8 Å². The highest BCUT2D eigenvalue weighted by Gasteiger charge is 2.26. The highest BCUT2D eigenvalue weighted by atomic mass is 16.5. The van der Waals surface area contributed by atoms with E-state index < -0.39 is 5.97 Å². The fourth-order valence-corrected chi connectivity index (χ4v) is 3.39. The third-order valence-electron chi connectivity index (χ3n) is 4.28. The molecule has 1 saturated carbocycles. The van der Waals surface area contributed by atoms with Crippen molar-refractivity contribution in [1.82, 2.24) is 4.90 Å². The molecule has 0 atom stereocenters. The summed E-state index contributed by atoms with van der Waals surface area (Å²) in [4.78, 5) is 17.6. The lowest BCUT2D eigenvalue weighted by molar-refractivity contribution is -0.138. The van der Waals surface area contributed by atoms with E-state index in [4.69, 9.17) is 11.3 Å². The second kappa shape index (κ2) is 7.31. The van der Waals surface area contributed by atoms with Crippen LogP contribution in [-0.2, 0) is 9.53 Å². The summed E-state index contributed by atoms with van der Waals surface area (Å²) in [6, 6.07) is 0.543. The van der Waals surface area contributed by atoms with Crippen molar-refractivity contribution in [2.24, 2.45) is 0 Å². The van der Waals surface area contributed by atoms with E-state index in [1.807, 2.05) is 12.2 Å². The summed E-state index contributed by atoms with van der Waals surface area (Å²) in [5, 5.41) is 0. The molecular weight excluding hydrogens is 276 g/mol. The molecule has 118 valence electrons. The zero-order valence-corrected chi connectivity index (χ0v) is 13.7. The van der Waals surface area contributed by atoms with E-state index in [-0.39, 0.29) is 12.3 Å². The van der Waals surface area contributed by atoms with E-state index in [9.17, 15) is 4.79 Å². The van der Waals surface area contributed by atoms with Gasteiger partial charge in [-0.05, 0) is 51.3 Å². The van der Waals surface area contributed by atoms with Gasteiger partial charge in [0.05, 0.1) is 13.2 Å². The van der Waals surface area contributed by atoms with Crippen molar-refractivity contribution >= 4 is 5.97 Å². The average Bonchev–Trinajstić information content (AvgIpc) is 2.48. The van der Waals surface area contributed by atoms with Crippen LogP contribution in [0.1, 0.15) is 52.9 Å². The molecule has 4 nitrogen and oxygen atoms in total. The fourth-order valence-electron chi connectivity index (χ4n) is 3.39. The normalized spacial score (nSPS) is 19.2. The number of rotatable bonds is 3. The summed E-state index contributed by atoms with van der Waals surface area (Å²) in [6.45, 7) is 13.4. The molecule has 0 aromatic rings. The molecule has 1 aliphatic carbocycles. The maximum Gasteiger partial charge on any atom is 0.336 e. The van der Waals surface area contributed by atoms with Crippen LogP contribution in [0, 0.1) is 6.57 Å². The first-order valence-corrected chi connectivity index (χ1v) is 8.03. The summed E-state index contributed by atoms with van der Waals surface area (Å²) < 4.78 is 4.98. The number of hydrogen-bond donors (Lipinski definition) is 0. The Balaban J connectivity index is 2.30. The van der Waals surface area contributed by atoms with Crippen molar-refractivity contribution in [2.75, 3.05) is 6.61 Å². The van der Waals surface area contributed by atoms with E-state index in [0.29, 0.717) is 11.6 Å². The van der Waals surface area contributed by atoms with Gasteiger partial charge in [-0.25, -0.2) is 4.85 Å². The second-order valence-electron chi connectivity index (χ2n) is 5.87. The Morgan fingerprint density at radius 3 is 2.36 bits per heavy atom. The van der Waals surface area contributed by atoms with Crippen LogP contribution in [0.5, 0.6) is 0 Å². The Hall–Kier alpha value is -2.02. The molecule has 2 aliphatic rings. The number of esters is 1. The van der Waals surface area contributed by atoms with Crippen molar-refractivity contribution < 1.29 is 9.53 Å². The number of nitrogens with zero attached hydrogens (tertiary/aromatic N) is 2. The molecule has 0 bridgehead atoms. The van der Waals surface area contributed by atoms with E-state index >= 15 is 0 Å². The number of allylic oxidation sites excluding steroid dienone is 5. The van der Waals surface area contributed by atoms with Crippen LogP contribution in [0.3, 0.4) is 0 Å². The van der Waals surface area contributed by atoms with Gasteiger partial charge in [0.1, 0.15) is 0 Å². The Kier molecular flexibility index (Phi) is 5.43. The van der Waals surface area contributed by atoms with Gasteiger partial charge in [-0.1, -0.05) is 19.3 Å². The Labute approximate surface area is 133 Å². The quantitative estimate of drug-likeness (QED) is 0.445. The fraction of sp³-hybridized carbons (Fsp3) is 0.556. The van der Waals surface area contributed by atoms with Crippen LogP contribution in [0.25, 0.3) is 4.85 Å². The summed E-state index contributed by atoms with van der Waals surface area (Å²) in [6.07, 6.45) is 10.2. The third-order valence-corrected chi connectivity index (χ3v) is 4.28. The molecule has 22 heavy (non-hydrogen) atoms. The number of carbonyl (C=O) groups is 1. The average molecular weight is 300 g/mol. The lowest BCUT2D eigenvalue weighted by Crippen LogP contribution is -2.35. The SMILES string of the molecule is [C-]#[N+]C(C(=O)OCC)=C1C=C(C)N(C2CCCCC2)C(C)=C1. The predicted octanol–water partition coefficient (Wildman–Crippen LogP) is 4.18. The van der Waals surface area contributed by atoms with Crippen LogP contribution in [0.2, 0.25) is 0 Å². The van der Waals surface area contributed by atoms with Crippen molar-refractivity contribution in [3.63, 3.8) is 0 Å². The van der Waals surface area contributed by atoms with Gasteiger partial charge in [-0.15, -0.1) is 0 Å². The molecule has 0 N–H and O–H groups in total. The molecule has 4 heteroatoms. The van der Waals surface area contributed by atoms with E-state index in [1.165, 1.54) is 32.1 Å². The molecule has 0 saturated heterocycles. The van der Waals surface area contributed by atoms with Gasteiger partial charge in [-0.3, -0.25) is 4.79 Å². The smallest absolute Gasteiger partial charge is 0.336 e. The van der Waals surface area contributed by atoms with E-state index in [1.54, 1.807) is 6.92 Å². The Bertz CT molecular complexity index is 550. The second-order valence-corrected chi connectivity index (χ2v) is 5.87. The van der Waals surface area contributed by atoms with Gasteiger partial charge in [0, 0.05) is 17.4 Å². The van der Waals surface area contributed by atoms with Crippen LogP contribution < -0.4 is 0 Å². The molecule has 1 heterocycles. The monoisotopic (exact) mass is 300 g/mol. The lowest BCUT2D eigenvalue weighted by Gasteiger charge is -2.39. The third kappa shape index (κ3) is 3.41. The molecule has 0 unspecified atom stereocenters. The van der Waals surface area contributed by atoms with Gasteiger partial charge in [0.2, 0.25) is 0 Å². The van der Waals surface area contributed by atoms with E-state index in [0.717, 1.165) is 11.4 Å². The van der Waals surface area contributed by atoms with Crippen molar-refractivity contribution in [3.8, 4) is 0 Å². The first-order chi connectivity index (χ1) is 10.6. The zero-order chi connectivity index (χ0) is 16.1. The number of ether oxygens (including phenoxy) is 1. The van der Waals surface area contributed by atoms with Crippen molar-refractivity contribution in [2.45, 2.75) is 58.9 Å². The highest BCUT2D eigenvalue weighted by Crippen LogP contribution is 2.33. The molecule has 0 spiro atoms. The van der Waals surface area contributed by atoms with Crippen molar-refractivity contribution in [3.05, 3.63) is 46.2 Å². The predicted molar refractivity (Wildman–Crippen MR) is 86.5 cm³/mol. The molecule has 0 aromatic heterocycles. The zero-order valence-electron chi connectivity index (χ0n) is 13.7. The van der Waals surface area contributed by atoms with Crippen LogP contribution in [-0.4, -0.2) is 23.5 Å². The molecular formula is C18H24N2O2.